The van der Waals surface area contributed by atoms with Crippen LogP contribution in [0, 0.1) is 0 Å². The molecule has 0 fully saturated rings. The number of amides is 1. The Hall–Kier alpha value is -1.10. The van der Waals surface area contributed by atoms with Gasteiger partial charge in [0.2, 0.25) is 5.91 Å². The third-order valence-corrected chi connectivity index (χ3v) is 2.03. The van der Waals surface area contributed by atoms with Crippen LogP contribution in [0.15, 0.2) is 0 Å². The number of rotatable bonds is 7. The largest absolute Gasteiger partial charge is 0.481 e. The first kappa shape index (κ1) is 13.9. The van der Waals surface area contributed by atoms with E-state index < -0.39 is 5.97 Å². The molecule has 15 heavy (non-hydrogen) atoms. The van der Waals surface area contributed by atoms with Crippen LogP contribution in [0.3, 0.4) is 0 Å². The number of ether oxygens (including phenoxy) is 1. The highest BCUT2D eigenvalue weighted by Crippen LogP contribution is 2.03. The number of carbonyl (C=O) groups is 2. The standard InChI is InChI=1S/C10H19NO4/c1-8(2)11(6-4-10(13)14)9(12)5-7-15-3/h8H,4-7H2,1-3H3,(H,13,14). The van der Waals surface area contributed by atoms with Crippen LogP contribution >= 0.6 is 0 Å². The first-order valence-electron chi connectivity index (χ1n) is 4.99. The predicted octanol–water partition coefficient (Wildman–Crippen LogP) is 0.735. The molecule has 0 atom stereocenters. The minimum atomic E-state index is -0.889. The highest BCUT2D eigenvalue weighted by atomic mass is 16.5. The van der Waals surface area contributed by atoms with Crippen molar-refractivity contribution in [2.24, 2.45) is 0 Å². The summed E-state index contributed by atoms with van der Waals surface area (Å²) in [7, 11) is 1.53. The number of hydrogen-bond acceptors (Lipinski definition) is 3. The molecule has 0 saturated heterocycles. The first-order chi connectivity index (χ1) is 6.99. The average Bonchev–Trinajstić information content (AvgIpc) is 2.13. The lowest BCUT2D eigenvalue weighted by Gasteiger charge is -2.26. The molecule has 0 bridgehead atoms. The summed E-state index contributed by atoms with van der Waals surface area (Å²) < 4.78 is 4.80. The van der Waals surface area contributed by atoms with Gasteiger partial charge in [0.05, 0.1) is 19.4 Å². The molecule has 1 amide bonds. The number of aliphatic carboxylic acids is 1. The maximum absolute atomic E-state index is 11.6. The van der Waals surface area contributed by atoms with E-state index in [1.807, 2.05) is 13.8 Å². The van der Waals surface area contributed by atoms with Gasteiger partial charge in [-0.15, -0.1) is 0 Å². The van der Waals surface area contributed by atoms with Gasteiger partial charge in [-0.2, -0.15) is 0 Å². The Morgan fingerprint density at radius 3 is 2.33 bits per heavy atom. The summed E-state index contributed by atoms with van der Waals surface area (Å²) in [4.78, 5) is 23.6. The van der Waals surface area contributed by atoms with Gasteiger partial charge >= 0.3 is 5.97 Å². The van der Waals surface area contributed by atoms with Gasteiger partial charge in [0.1, 0.15) is 0 Å². The highest BCUT2D eigenvalue weighted by molar-refractivity contribution is 5.77. The topological polar surface area (TPSA) is 66.8 Å². The fourth-order valence-electron chi connectivity index (χ4n) is 1.22. The van der Waals surface area contributed by atoms with Crippen molar-refractivity contribution in [1.82, 2.24) is 4.90 Å². The third-order valence-electron chi connectivity index (χ3n) is 2.03. The molecule has 0 unspecified atom stereocenters. The van der Waals surface area contributed by atoms with Crippen molar-refractivity contribution < 1.29 is 19.4 Å². The number of hydrogen-bond donors (Lipinski definition) is 1. The molecule has 0 aromatic rings. The molecule has 1 N–H and O–H groups in total. The molecule has 0 heterocycles. The second-order valence-electron chi connectivity index (χ2n) is 3.57. The van der Waals surface area contributed by atoms with Gasteiger partial charge in [-0.3, -0.25) is 9.59 Å². The summed E-state index contributed by atoms with van der Waals surface area (Å²) >= 11 is 0. The summed E-state index contributed by atoms with van der Waals surface area (Å²) in [5, 5.41) is 8.54. The van der Waals surface area contributed by atoms with Crippen molar-refractivity contribution in [2.45, 2.75) is 32.7 Å². The summed E-state index contributed by atoms with van der Waals surface area (Å²) in [5.74, 6) is -0.951. The van der Waals surface area contributed by atoms with Gasteiger partial charge in [0.25, 0.3) is 0 Å². The Kier molecular flexibility index (Phi) is 6.70. The van der Waals surface area contributed by atoms with Crippen molar-refractivity contribution >= 4 is 11.9 Å². The quantitative estimate of drug-likeness (QED) is 0.682. The van der Waals surface area contributed by atoms with Crippen LogP contribution in [-0.2, 0) is 14.3 Å². The van der Waals surface area contributed by atoms with Gasteiger partial charge in [0, 0.05) is 19.7 Å². The molecular weight excluding hydrogens is 198 g/mol. The Bertz CT molecular complexity index is 215. The highest BCUT2D eigenvalue weighted by Gasteiger charge is 2.17. The molecule has 0 aliphatic heterocycles. The minimum absolute atomic E-state index is 0.0170. The van der Waals surface area contributed by atoms with E-state index in [1.165, 1.54) is 7.11 Å². The Labute approximate surface area is 90.0 Å². The van der Waals surface area contributed by atoms with Gasteiger partial charge < -0.3 is 14.7 Å². The third kappa shape index (κ3) is 6.06. The van der Waals surface area contributed by atoms with Crippen LogP contribution in [0.4, 0.5) is 0 Å². The SMILES string of the molecule is COCCC(=O)N(CCC(=O)O)C(C)C. The molecule has 0 aromatic carbocycles. The van der Waals surface area contributed by atoms with E-state index in [2.05, 4.69) is 0 Å². The zero-order valence-electron chi connectivity index (χ0n) is 9.52. The lowest BCUT2D eigenvalue weighted by atomic mass is 10.2. The molecular formula is C10H19NO4. The van der Waals surface area contributed by atoms with Crippen molar-refractivity contribution in [3.8, 4) is 0 Å². The van der Waals surface area contributed by atoms with Crippen LogP contribution in [0.5, 0.6) is 0 Å². The molecule has 0 saturated carbocycles. The zero-order valence-corrected chi connectivity index (χ0v) is 9.52. The predicted molar refractivity (Wildman–Crippen MR) is 55.6 cm³/mol. The first-order valence-corrected chi connectivity index (χ1v) is 4.99. The smallest absolute Gasteiger partial charge is 0.305 e. The van der Waals surface area contributed by atoms with E-state index in [-0.39, 0.29) is 24.9 Å². The molecule has 0 rings (SSSR count). The van der Waals surface area contributed by atoms with Crippen LogP contribution < -0.4 is 0 Å². The number of carboxylic acids is 1. The summed E-state index contributed by atoms with van der Waals surface area (Å²) in [6.07, 6.45) is 0.283. The van der Waals surface area contributed by atoms with E-state index in [0.717, 1.165) is 0 Å². The number of methoxy groups -OCH3 is 1. The Morgan fingerprint density at radius 2 is 1.93 bits per heavy atom. The van der Waals surface area contributed by atoms with Gasteiger partial charge in [-0.25, -0.2) is 0 Å². The lowest BCUT2D eigenvalue weighted by molar-refractivity contribution is -0.139. The van der Waals surface area contributed by atoms with E-state index in [0.29, 0.717) is 13.0 Å². The summed E-state index contributed by atoms with van der Waals surface area (Å²) in [5.41, 5.74) is 0. The average molecular weight is 217 g/mol. The van der Waals surface area contributed by atoms with E-state index >= 15 is 0 Å². The molecule has 0 aromatic heterocycles. The number of carboxylic acid groups (broad SMARTS) is 1. The van der Waals surface area contributed by atoms with Crippen LogP contribution in [0.1, 0.15) is 26.7 Å². The summed E-state index contributed by atoms with van der Waals surface area (Å²) in [6.45, 7) is 4.36. The molecule has 0 aliphatic carbocycles. The van der Waals surface area contributed by atoms with Crippen LogP contribution in [0.25, 0.3) is 0 Å². The minimum Gasteiger partial charge on any atom is -0.481 e. The second-order valence-corrected chi connectivity index (χ2v) is 3.57. The fourth-order valence-corrected chi connectivity index (χ4v) is 1.22. The van der Waals surface area contributed by atoms with E-state index in [4.69, 9.17) is 9.84 Å². The maximum Gasteiger partial charge on any atom is 0.305 e. The monoisotopic (exact) mass is 217 g/mol. The number of carbonyl (C=O) groups excluding carboxylic acids is 1. The molecule has 0 radical (unpaired) electrons. The van der Waals surface area contributed by atoms with Crippen LogP contribution in [0.2, 0.25) is 0 Å². The van der Waals surface area contributed by atoms with E-state index in [9.17, 15) is 9.59 Å². The second kappa shape index (κ2) is 7.23. The summed E-state index contributed by atoms with van der Waals surface area (Å²) in [6, 6.07) is 0.0220. The van der Waals surface area contributed by atoms with Gasteiger partial charge in [0.15, 0.2) is 0 Å². The Morgan fingerprint density at radius 1 is 1.33 bits per heavy atom. The zero-order chi connectivity index (χ0) is 11.8. The Balaban J connectivity index is 4.13. The van der Waals surface area contributed by atoms with Crippen molar-refractivity contribution in [2.75, 3.05) is 20.3 Å². The van der Waals surface area contributed by atoms with Gasteiger partial charge in [-0.1, -0.05) is 0 Å². The molecule has 0 aliphatic rings. The van der Waals surface area contributed by atoms with Crippen molar-refractivity contribution in [1.29, 1.82) is 0 Å². The molecule has 0 spiro atoms. The van der Waals surface area contributed by atoms with Crippen LogP contribution in [-0.4, -0.2) is 48.2 Å². The van der Waals surface area contributed by atoms with Crippen molar-refractivity contribution in [3.05, 3.63) is 0 Å². The molecule has 88 valence electrons. The van der Waals surface area contributed by atoms with Gasteiger partial charge in [-0.05, 0) is 13.8 Å². The fraction of sp³-hybridized carbons (Fsp3) is 0.800. The normalized spacial score (nSPS) is 10.4. The van der Waals surface area contributed by atoms with E-state index in [1.54, 1.807) is 4.90 Å². The van der Waals surface area contributed by atoms with Crippen molar-refractivity contribution in [3.63, 3.8) is 0 Å². The molecule has 5 nitrogen and oxygen atoms in total. The molecule has 5 heteroatoms. The maximum atomic E-state index is 11.6. The lowest BCUT2D eigenvalue weighted by Crippen LogP contribution is -2.38. The number of nitrogens with zero attached hydrogens (tertiary/aromatic N) is 1.